The molecule has 16 heavy (non-hydrogen) atoms. The number of benzene rings is 1. The van der Waals surface area contributed by atoms with Crippen molar-refractivity contribution < 1.29 is 4.79 Å². The first-order valence-corrected chi connectivity index (χ1v) is 6.09. The van der Waals surface area contributed by atoms with E-state index in [-0.39, 0.29) is 5.78 Å². The van der Waals surface area contributed by atoms with Crippen LogP contribution in [0, 0.1) is 6.92 Å². The zero-order chi connectivity index (χ0) is 11.5. The number of Topliss-reactive ketones (excluding diaryl/α,β-unsaturated/α-hetero) is 1. The maximum atomic E-state index is 11.9. The van der Waals surface area contributed by atoms with E-state index in [4.69, 9.17) is 11.6 Å². The van der Waals surface area contributed by atoms with E-state index in [0.29, 0.717) is 17.0 Å². The molecule has 0 fully saturated rings. The standard InChI is InChI=1S/C12H10ClNOS/c1-8-4-9(6-10(13)5-8)11(15)7-12-14-2-3-16-12/h2-6H,7H2,1H3. The summed E-state index contributed by atoms with van der Waals surface area (Å²) in [5.74, 6) is 0.0561. The van der Waals surface area contributed by atoms with Gasteiger partial charge in [0.2, 0.25) is 0 Å². The van der Waals surface area contributed by atoms with Crippen molar-refractivity contribution in [3.05, 3.63) is 50.9 Å². The molecule has 2 nitrogen and oxygen atoms in total. The van der Waals surface area contributed by atoms with Gasteiger partial charge in [0.15, 0.2) is 5.78 Å². The molecule has 1 aromatic carbocycles. The minimum Gasteiger partial charge on any atom is -0.294 e. The van der Waals surface area contributed by atoms with Gasteiger partial charge in [0, 0.05) is 22.2 Å². The third kappa shape index (κ3) is 2.68. The molecule has 0 radical (unpaired) electrons. The van der Waals surface area contributed by atoms with Crippen molar-refractivity contribution in [2.75, 3.05) is 0 Å². The van der Waals surface area contributed by atoms with Crippen molar-refractivity contribution >= 4 is 28.7 Å². The summed E-state index contributed by atoms with van der Waals surface area (Å²) in [6, 6.07) is 5.38. The lowest BCUT2D eigenvalue weighted by Crippen LogP contribution is -2.03. The maximum absolute atomic E-state index is 11.9. The van der Waals surface area contributed by atoms with Crippen molar-refractivity contribution in [2.24, 2.45) is 0 Å². The van der Waals surface area contributed by atoms with Gasteiger partial charge in [0.05, 0.1) is 6.42 Å². The fourth-order valence-corrected chi connectivity index (χ4v) is 2.38. The monoisotopic (exact) mass is 251 g/mol. The topological polar surface area (TPSA) is 30.0 Å². The fourth-order valence-electron chi connectivity index (χ4n) is 1.48. The summed E-state index contributed by atoms with van der Waals surface area (Å²) in [5, 5.41) is 3.30. The number of aromatic nitrogens is 1. The van der Waals surface area contributed by atoms with Crippen LogP contribution in [0.25, 0.3) is 0 Å². The summed E-state index contributed by atoms with van der Waals surface area (Å²) in [4.78, 5) is 16.0. The van der Waals surface area contributed by atoms with Gasteiger partial charge in [-0.15, -0.1) is 11.3 Å². The molecular formula is C12H10ClNOS. The molecule has 0 unspecified atom stereocenters. The average molecular weight is 252 g/mol. The number of rotatable bonds is 3. The predicted molar refractivity (Wildman–Crippen MR) is 66.3 cm³/mol. The zero-order valence-electron chi connectivity index (χ0n) is 8.74. The molecule has 0 N–H and O–H groups in total. The van der Waals surface area contributed by atoms with Crippen molar-refractivity contribution in [2.45, 2.75) is 13.3 Å². The van der Waals surface area contributed by atoms with Gasteiger partial charge in [-0.1, -0.05) is 11.6 Å². The molecule has 0 aliphatic carbocycles. The fraction of sp³-hybridized carbons (Fsp3) is 0.167. The SMILES string of the molecule is Cc1cc(Cl)cc(C(=O)Cc2nccs2)c1. The highest BCUT2D eigenvalue weighted by atomic mass is 35.5. The molecular weight excluding hydrogens is 242 g/mol. The first kappa shape index (κ1) is 11.3. The highest BCUT2D eigenvalue weighted by molar-refractivity contribution is 7.09. The minimum absolute atomic E-state index is 0.0561. The van der Waals surface area contributed by atoms with Crippen LogP contribution in [0.3, 0.4) is 0 Å². The largest absolute Gasteiger partial charge is 0.294 e. The summed E-state index contributed by atoms with van der Waals surface area (Å²) in [6.07, 6.45) is 2.05. The molecule has 0 spiro atoms. The molecule has 1 aromatic heterocycles. The van der Waals surface area contributed by atoms with Gasteiger partial charge < -0.3 is 0 Å². The minimum atomic E-state index is 0.0561. The molecule has 0 saturated heterocycles. The first-order valence-electron chi connectivity index (χ1n) is 4.84. The number of thiazole rings is 1. The number of halogens is 1. The van der Waals surface area contributed by atoms with Crippen LogP contribution in [0.1, 0.15) is 20.9 Å². The summed E-state index contributed by atoms with van der Waals surface area (Å²) in [5.41, 5.74) is 1.65. The Kier molecular flexibility index (Phi) is 3.36. The van der Waals surface area contributed by atoms with Crippen LogP contribution in [0.4, 0.5) is 0 Å². The van der Waals surface area contributed by atoms with Gasteiger partial charge in [0.1, 0.15) is 5.01 Å². The highest BCUT2D eigenvalue weighted by Gasteiger charge is 2.09. The molecule has 4 heteroatoms. The van der Waals surface area contributed by atoms with E-state index in [0.717, 1.165) is 10.6 Å². The van der Waals surface area contributed by atoms with Crippen LogP contribution < -0.4 is 0 Å². The van der Waals surface area contributed by atoms with Crippen LogP contribution in [-0.4, -0.2) is 10.8 Å². The van der Waals surface area contributed by atoms with Crippen molar-refractivity contribution in [3.63, 3.8) is 0 Å². The van der Waals surface area contributed by atoms with Gasteiger partial charge in [-0.3, -0.25) is 4.79 Å². The molecule has 82 valence electrons. The molecule has 0 saturated carbocycles. The van der Waals surface area contributed by atoms with Crippen LogP contribution in [0.2, 0.25) is 5.02 Å². The normalized spacial score (nSPS) is 10.4. The van der Waals surface area contributed by atoms with Crippen molar-refractivity contribution in [1.82, 2.24) is 4.98 Å². The average Bonchev–Trinajstić information content (AvgIpc) is 2.68. The molecule has 0 amide bonds. The molecule has 0 bridgehead atoms. The molecule has 2 aromatic rings. The molecule has 0 aliphatic heterocycles. The summed E-state index contributed by atoms with van der Waals surface area (Å²) >= 11 is 7.40. The Hall–Kier alpha value is -1.19. The van der Waals surface area contributed by atoms with Crippen molar-refractivity contribution in [1.29, 1.82) is 0 Å². The third-order valence-electron chi connectivity index (χ3n) is 2.16. The second kappa shape index (κ2) is 4.76. The first-order chi connectivity index (χ1) is 7.65. The second-order valence-electron chi connectivity index (χ2n) is 3.54. The van der Waals surface area contributed by atoms with E-state index < -0.39 is 0 Å². The van der Waals surface area contributed by atoms with Gasteiger partial charge >= 0.3 is 0 Å². The van der Waals surface area contributed by atoms with E-state index in [1.54, 1.807) is 12.3 Å². The van der Waals surface area contributed by atoms with Gasteiger partial charge in [-0.2, -0.15) is 0 Å². The number of aryl methyl sites for hydroxylation is 1. The van der Waals surface area contributed by atoms with Gasteiger partial charge in [-0.25, -0.2) is 4.98 Å². The number of ketones is 1. The number of nitrogens with zero attached hydrogens (tertiary/aromatic N) is 1. The quantitative estimate of drug-likeness (QED) is 0.781. The third-order valence-corrected chi connectivity index (χ3v) is 3.16. The van der Waals surface area contributed by atoms with Crippen LogP contribution in [0.5, 0.6) is 0 Å². The number of carbonyl (C=O) groups is 1. The number of hydrogen-bond donors (Lipinski definition) is 0. The number of carbonyl (C=O) groups excluding carboxylic acids is 1. The molecule has 2 rings (SSSR count). The van der Waals surface area contributed by atoms with E-state index >= 15 is 0 Å². The lowest BCUT2D eigenvalue weighted by atomic mass is 10.1. The molecule has 0 atom stereocenters. The summed E-state index contributed by atoms with van der Waals surface area (Å²) < 4.78 is 0. The predicted octanol–water partition coefficient (Wildman–Crippen LogP) is 3.53. The van der Waals surface area contributed by atoms with Crippen LogP contribution >= 0.6 is 22.9 Å². The van der Waals surface area contributed by atoms with Gasteiger partial charge in [0.25, 0.3) is 0 Å². The molecule has 0 aliphatic rings. The van der Waals surface area contributed by atoms with E-state index in [1.807, 2.05) is 24.4 Å². The summed E-state index contributed by atoms with van der Waals surface area (Å²) in [6.45, 7) is 1.92. The Balaban J connectivity index is 2.21. The number of hydrogen-bond acceptors (Lipinski definition) is 3. The zero-order valence-corrected chi connectivity index (χ0v) is 10.3. The van der Waals surface area contributed by atoms with E-state index in [1.165, 1.54) is 11.3 Å². The Morgan fingerprint density at radius 3 is 2.88 bits per heavy atom. The second-order valence-corrected chi connectivity index (χ2v) is 4.96. The van der Waals surface area contributed by atoms with E-state index in [9.17, 15) is 4.79 Å². The Bertz CT molecular complexity index is 487. The van der Waals surface area contributed by atoms with Crippen molar-refractivity contribution in [3.8, 4) is 0 Å². The summed E-state index contributed by atoms with van der Waals surface area (Å²) in [7, 11) is 0. The van der Waals surface area contributed by atoms with Gasteiger partial charge in [-0.05, 0) is 30.7 Å². The lowest BCUT2D eigenvalue weighted by molar-refractivity contribution is 0.0993. The Morgan fingerprint density at radius 2 is 2.25 bits per heavy atom. The highest BCUT2D eigenvalue weighted by Crippen LogP contribution is 2.17. The Morgan fingerprint density at radius 1 is 1.44 bits per heavy atom. The molecule has 1 heterocycles. The van der Waals surface area contributed by atoms with Crippen LogP contribution in [0.15, 0.2) is 29.8 Å². The maximum Gasteiger partial charge on any atom is 0.169 e. The van der Waals surface area contributed by atoms with E-state index in [2.05, 4.69) is 4.98 Å². The Labute approximate surface area is 103 Å². The van der Waals surface area contributed by atoms with Crippen LogP contribution in [-0.2, 0) is 6.42 Å². The smallest absolute Gasteiger partial charge is 0.169 e. The lowest BCUT2D eigenvalue weighted by Gasteiger charge is -2.01.